The first-order chi connectivity index (χ1) is 13.0. The number of amides is 3. The summed E-state index contributed by atoms with van der Waals surface area (Å²) < 4.78 is 4.85. The Balaban J connectivity index is 1.59. The van der Waals surface area contributed by atoms with Crippen LogP contribution in [-0.4, -0.2) is 23.8 Å². The molecule has 3 amide bonds. The summed E-state index contributed by atoms with van der Waals surface area (Å²) in [6.45, 7) is 1.58. The van der Waals surface area contributed by atoms with Crippen LogP contribution in [0.3, 0.4) is 0 Å². The lowest BCUT2D eigenvalue weighted by molar-refractivity contribution is -0.117. The van der Waals surface area contributed by atoms with Crippen molar-refractivity contribution in [2.45, 2.75) is 13.0 Å². The first-order valence-corrected chi connectivity index (χ1v) is 9.00. The van der Waals surface area contributed by atoms with E-state index in [0.29, 0.717) is 21.8 Å². The second-order valence-corrected chi connectivity index (χ2v) is 6.66. The van der Waals surface area contributed by atoms with Crippen molar-refractivity contribution in [2.24, 2.45) is 0 Å². The molecule has 0 aliphatic carbocycles. The van der Waals surface area contributed by atoms with Gasteiger partial charge in [-0.15, -0.1) is 11.3 Å². The number of anilines is 2. The number of carbonyl (C=O) groups is 3. The highest BCUT2D eigenvalue weighted by molar-refractivity contribution is 7.12. The minimum Gasteiger partial charge on any atom is -0.472 e. The zero-order valence-electron chi connectivity index (χ0n) is 14.4. The normalized spacial score (nSPS) is 11.4. The Morgan fingerprint density at radius 3 is 2.44 bits per heavy atom. The van der Waals surface area contributed by atoms with Crippen LogP contribution in [0.5, 0.6) is 0 Å². The second kappa shape index (κ2) is 8.33. The molecule has 0 bridgehead atoms. The van der Waals surface area contributed by atoms with E-state index in [2.05, 4.69) is 16.0 Å². The van der Waals surface area contributed by atoms with Gasteiger partial charge in [-0.2, -0.15) is 0 Å². The third-order valence-electron chi connectivity index (χ3n) is 3.66. The number of benzene rings is 1. The van der Waals surface area contributed by atoms with Crippen molar-refractivity contribution in [1.29, 1.82) is 0 Å². The summed E-state index contributed by atoms with van der Waals surface area (Å²) >= 11 is 1.34. The van der Waals surface area contributed by atoms with E-state index in [1.54, 1.807) is 43.3 Å². The van der Waals surface area contributed by atoms with Gasteiger partial charge < -0.3 is 20.4 Å². The minimum atomic E-state index is -0.753. The maximum atomic E-state index is 12.3. The van der Waals surface area contributed by atoms with Gasteiger partial charge in [-0.25, -0.2) is 0 Å². The van der Waals surface area contributed by atoms with Crippen LogP contribution in [0.25, 0.3) is 0 Å². The van der Waals surface area contributed by atoms with Gasteiger partial charge in [0, 0.05) is 11.4 Å². The zero-order chi connectivity index (χ0) is 19.2. The SMILES string of the molecule is C[C@H](NC(=O)c1ccoc1)C(=O)Nc1cccc(NC(=O)c2cccs2)c1. The number of furan rings is 1. The molecular weight excluding hydrogens is 366 g/mol. The number of nitrogens with one attached hydrogen (secondary N) is 3. The Bertz CT molecular complexity index is 936. The van der Waals surface area contributed by atoms with Crippen molar-refractivity contribution in [1.82, 2.24) is 5.32 Å². The Morgan fingerprint density at radius 1 is 1.00 bits per heavy atom. The highest BCUT2D eigenvalue weighted by Crippen LogP contribution is 2.18. The fourth-order valence-corrected chi connectivity index (χ4v) is 2.88. The average molecular weight is 383 g/mol. The fraction of sp³-hybridized carbons (Fsp3) is 0.105. The molecule has 0 saturated heterocycles. The van der Waals surface area contributed by atoms with Crippen LogP contribution in [-0.2, 0) is 4.79 Å². The summed E-state index contributed by atoms with van der Waals surface area (Å²) in [5, 5.41) is 9.91. The van der Waals surface area contributed by atoms with Gasteiger partial charge >= 0.3 is 0 Å². The summed E-state index contributed by atoms with van der Waals surface area (Å²) in [6, 6.07) is 11.1. The zero-order valence-corrected chi connectivity index (χ0v) is 15.2. The van der Waals surface area contributed by atoms with E-state index < -0.39 is 11.9 Å². The molecule has 3 N–H and O–H groups in total. The molecule has 138 valence electrons. The van der Waals surface area contributed by atoms with Crippen LogP contribution in [0.1, 0.15) is 27.0 Å². The van der Waals surface area contributed by atoms with E-state index in [9.17, 15) is 14.4 Å². The van der Waals surface area contributed by atoms with Crippen molar-refractivity contribution in [3.63, 3.8) is 0 Å². The maximum Gasteiger partial charge on any atom is 0.265 e. The molecule has 0 unspecified atom stereocenters. The lowest BCUT2D eigenvalue weighted by Gasteiger charge is -2.14. The summed E-state index contributed by atoms with van der Waals surface area (Å²) in [5.74, 6) is -0.994. The Kier molecular flexibility index (Phi) is 5.68. The molecule has 0 saturated carbocycles. The molecule has 7 nitrogen and oxygen atoms in total. The standard InChI is InChI=1S/C19H17N3O4S/c1-12(20-18(24)13-7-8-26-11-13)17(23)21-14-4-2-5-15(10-14)22-19(25)16-6-3-9-27-16/h2-12H,1H3,(H,20,24)(H,21,23)(H,22,25)/t12-/m0/s1. The minimum absolute atomic E-state index is 0.214. The van der Waals surface area contributed by atoms with E-state index in [1.165, 1.54) is 29.9 Å². The molecule has 27 heavy (non-hydrogen) atoms. The van der Waals surface area contributed by atoms with Gasteiger partial charge in [0.2, 0.25) is 5.91 Å². The Morgan fingerprint density at radius 2 is 1.78 bits per heavy atom. The van der Waals surface area contributed by atoms with E-state index in [1.807, 2.05) is 5.38 Å². The van der Waals surface area contributed by atoms with Crippen LogP contribution in [0.4, 0.5) is 11.4 Å². The van der Waals surface area contributed by atoms with Gasteiger partial charge in [-0.3, -0.25) is 14.4 Å². The molecular formula is C19H17N3O4S. The molecule has 1 aromatic carbocycles. The van der Waals surface area contributed by atoms with E-state index in [-0.39, 0.29) is 11.8 Å². The maximum absolute atomic E-state index is 12.3. The third kappa shape index (κ3) is 4.83. The summed E-state index contributed by atoms with van der Waals surface area (Å²) in [4.78, 5) is 37.0. The van der Waals surface area contributed by atoms with E-state index in [0.717, 1.165) is 0 Å². The molecule has 0 aliphatic rings. The molecule has 0 fully saturated rings. The topological polar surface area (TPSA) is 100 Å². The molecule has 1 atom stereocenters. The van der Waals surface area contributed by atoms with Gasteiger partial charge in [0.25, 0.3) is 11.8 Å². The Hall–Kier alpha value is -3.39. The summed E-state index contributed by atoms with van der Waals surface area (Å²) in [7, 11) is 0. The molecule has 2 aromatic heterocycles. The van der Waals surface area contributed by atoms with Crippen LogP contribution >= 0.6 is 11.3 Å². The predicted octanol–water partition coefficient (Wildman–Crippen LogP) is 3.35. The molecule has 0 aliphatic heterocycles. The molecule has 0 radical (unpaired) electrons. The lowest BCUT2D eigenvalue weighted by Crippen LogP contribution is -2.41. The summed E-state index contributed by atoms with van der Waals surface area (Å²) in [6.07, 6.45) is 2.69. The molecule has 3 aromatic rings. The van der Waals surface area contributed by atoms with E-state index in [4.69, 9.17) is 4.42 Å². The number of thiophene rings is 1. The van der Waals surface area contributed by atoms with Gasteiger partial charge in [0.15, 0.2) is 0 Å². The van der Waals surface area contributed by atoms with Crippen LogP contribution in [0.15, 0.2) is 64.8 Å². The largest absolute Gasteiger partial charge is 0.472 e. The average Bonchev–Trinajstić information content (AvgIpc) is 3.35. The molecule has 0 spiro atoms. The quantitative estimate of drug-likeness (QED) is 0.608. The van der Waals surface area contributed by atoms with Crippen molar-refractivity contribution in [3.8, 4) is 0 Å². The van der Waals surface area contributed by atoms with Crippen LogP contribution in [0, 0.1) is 0 Å². The third-order valence-corrected chi connectivity index (χ3v) is 4.53. The van der Waals surface area contributed by atoms with Gasteiger partial charge in [0.05, 0.1) is 16.7 Å². The van der Waals surface area contributed by atoms with Crippen molar-refractivity contribution in [3.05, 3.63) is 70.8 Å². The molecule has 2 heterocycles. The van der Waals surface area contributed by atoms with E-state index >= 15 is 0 Å². The number of hydrogen-bond acceptors (Lipinski definition) is 5. The first-order valence-electron chi connectivity index (χ1n) is 8.12. The number of hydrogen-bond donors (Lipinski definition) is 3. The lowest BCUT2D eigenvalue weighted by atomic mass is 10.2. The monoisotopic (exact) mass is 383 g/mol. The highest BCUT2D eigenvalue weighted by Gasteiger charge is 2.17. The Labute approximate surface area is 159 Å². The van der Waals surface area contributed by atoms with Gasteiger partial charge in [-0.05, 0) is 42.6 Å². The van der Waals surface area contributed by atoms with Crippen LogP contribution < -0.4 is 16.0 Å². The van der Waals surface area contributed by atoms with Crippen molar-refractivity contribution < 1.29 is 18.8 Å². The van der Waals surface area contributed by atoms with Crippen molar-refractivity contribution >= 4 is 40.4 Å². The molecule has 3 rings (SSSR count). The number of rotatable bonds is 6. The smallest absolute Gasteiger partial charge is 0.265 e. The van der Waals surface area contributed by atoms with Gasteiger partial charge in [0.1, 0.15) is 12.3 Å². The second-order valence-electron chi connectivity index (χ2n) is 5.71. The van der Waals surface area contributed by atoms with Gasteiger partial charge in [-0.1, -0.05) is 12.1 Å². The van der Waals surface area contributed by atoms with Crippen LogP contribution in [0.2, 0.25) is 0 Å². The number of carbonyl (C=O) groups excluding carboxylic acids is 3. The fourth-order valence-electron chi connectivity index (χ4n) is 2.26. The first kappa shape index (κ1) is 18.4. The van der Waals surface area contributed by atoms with Crippen molar-refractivity contribution in [2.75, 3.05) is 10.6 Å². The highest BCUT2D eigenvalue weighted by atomic mass is 32.1. The summed E-state index contributed by atoms with van der Waals surface area (Å²) in [5.41, 5.74) is 1.41. The predicted molar refractivity (Wildman–Crippen MR) is 103 cm³/mol. The molecule has 8 heteroatoms.